The summed E-state index contributed by atoms with van der Waals surface area (Å²) in [5.41, 5.74) is 2.43. The van der Waals surface area contributed by atoms with Gasteiger partial charge in [0.2, 0.25) is 0 Å². The Morgan fingerprint density at radius 3 is 2.39 bits per heavy atom. The summed E-state index contributed by atoms with van der Waals surface area (Å²) >= 11 is 0. The van der Waals surface area contributed by atoms with Gasteiger partial charge in [0.15, 0.2) is 0 Å². The van der Waals surface area contributed by atoms with Crippen LogP contribution in [0.15, 0.2) is 48.5 Å². The van der Waals surface area contributed by atoms with E-state index in [2.05, 4.69) is 23.5 Å². The molecular weight excluding hydrogens is 225 g/mol. The second-order valence-electron chi connectivity index (χ2n) is 4.34. The zero-order chi connectivity index (χ0) is 12.8. The summed E-state index contributed by atoms with van der Waals surface area (Å²) in [4.78, 5) is 0. The first kappa shape index (κ1) is 12.8. The van der Waals surface area contributed by atoms with E-state index in [1.165, 1.54) is 23.3 Å². The molecule has 2 aromatic rings. The predicted molar refractivity (Wildman–Crippen MR) is 71.8 cm³/mol. The van der Waals surface area contributed by atoms with Crippen molar-refractivity contribution in [1.82, 2.24) is 5.32 Å². The van der Waals surface area contributed by atoms with Gasteiger partial charge < -0.3 is 5.32 Å². The Bertz CT molecular complexity index is 464. The number of aryl methyl sites for hydroxylation is 1. The molecule has 93 valence electrons. The van der Waals surface area contributed by atoms with Crippen molar-refractivity contribution in [3.63, 3.8) is 0 Å². The van der Waals surface area contributed by atoms with Crippen LogP contribution >= 0.6 is 0 Å². The summed E-state index contributed by atoms with van der Waals surface area (Å²) in [6.07, 6.45) is 1.93. The molecule has 1 unspecified atom stereocenters. The van der Waals surface area contributed by atoms with Crippen molar-refractivity contribution in [1.29, 1.82) is 0 Å². The molecule has 1 atom stereocenters. The molecule has 1 N–H and O–H groups in total. The monoisotopic (exact) mass is 242 g/mol. The van der Waals surface area contributed by atoms with Crippen molar-refractivity contribution < 1.29 is 4.39 Å². The van der Waals surface area contributed by atoms with Crippen LogP contribution in [0.25, 0.3) is 0 Å². The molecule has 0 aliphatic rings. The Balaban J connectivity index is 1.97. The van der Waals surface area contributed by atoms with Gasteiger partial charge in [0, 0.05) is 6.04 Å². The summed E-state index contributed by atoms with van der Waals surface area (Å²) in [5, 5.41) is 3.31. The van der Waals surface area contributed by atoms with Crippen LogP contribution in [0.5, 0.6) is 0 Å². The molecule has 0 spiro atoms. The topological polar surface area (TPSA) is 12.0 Å². The van der Waals surface area contributed by atoms with Gasteiger partial charge in [-0.3, -0.25) is 0 Å². The average Bonchev–Trinajstić information content (AvgIpc) is 2.43. The fourth-order valence-electron chi connectivity index (χ4n) is 2.07. The summed E-state index contributed by atoms with van der Waals surface area (Å²) in [7, 11) is 1.96. The number of rotatable bonds is 5. The van der Waals surface area contributed by atoms with E-state index in [1.54, 1.807) is 0 Å². The molecule has 0 aliphatic heterocycles. The maximum absolute atomic E-state index is 12.8. The predicted octanol–water partition coefficient (Wildman–Crippen LogP) is 3.52. The van der Waals surface area contributed by atoms with Crippen molar-refractivity contribution in [3.8, 4) is 0 Å². The Morgan fingerprint density at radius 1 is 1.11 bits per heavy atom. The van der Waals surface area contributed by atoms with Gasteiger partial charge in [0.05, 0.1) is 0 Å². The number of halogens is 1. The van der Waals surface area contributed by atoms with E-state index < -0.39 is 0 Å². The maximum Gasteiger partial charge on any atom is 0.123 e. The van der Waals surface area contributed by atoms with Crippen molar-refractivity contribution >= 4 is 0 Å². The van der Waals surface area contributed by atoms with E-state index in [9.17, 15) is 4.39 Å². The highest BCUT2D eigenvalue weighted by atomic mass is 19.1. The van der Waals surface area contributed by atoms with E-state index in [4.69, 9.17) is 0 Å². The molecule has 1 nitrogen and oxygen atoms in total. The van der Waals surface area contributed by atoms with Gasteiger partial charge in [-0.2, -0.15) is 0 Å². The van der Waals surface area contributed by atoms with Crippen LogP contribution in [-0.2, 0) is 6.42 Å². The van der Waals surface area contributed by atoms with E-state index in [0.717, 1.165) is 12.8 Å². The van der Waals surface area contributed by atoms with Crippen LogP contribution < -0.4 is 5.32 Å². The minimum atomic E-state index is -0.178. The van der Waals surface area contributed by atoms with Crippen LogP contribution in [0.2, 0.25) is 0 Å². The van der Waals surface area contributed by atoms with Crippen LogP contribution in [0.4, 0.5) is 4.39 Å². The van der Waals surface area contributed by atoms with Crippen molar-refractivity contribution in [2.24, 2.45) is 0 Å². The average molecular weight is 242 g/mol. The van der Waals surface area contributed by atoms with Crippen molar-refractivity contribution in [2.75, 3.05) is 7.05 Å². The molecule has 2 rings (SSSR count). The molecule has 0 aromatic heterocycles. The summed E-state index contributed by atoms with van der Waals surface area (Å²) in [5.74, 6) is -0.178. The molecule has 0 amide bonds. The van der Waals surface area contributed by atoms with E-state index >= 15 is 0 Å². The van der Waals surface area contributed by atoms with Gasteiger partial charge in [0.25, 0.3) is 0 Å². The minimum absolute atomic E-state index is 0.178. The molecule has 0 saturated carbocycles. The number of hydrogen-bond acceptors (Lipinski definition) is 1. The third-order valence-corrected chi connectivity index (χ3v) is 3.13. The van der Waals surface area contributed by atoms with Gasteiger partial charge in [0.1, 0.15) is 5.82 Å². The summed E-state index contributed by atoms with van der Waals surface area (Å²) < 4.78 is 12.8. The lowest BCUT2D eigenvalue weighted by Gasteiger charge is -2.16. The molecule has 0 aliphatic carbocycles. The quantitative estimate of drug-likeness (QED) is 0.846. The molecular formula is C16H17FN. The van der Waals surface area contributed by atoms with Crippen LogP contribution in [-0.4, -0.2) is 7.05 Å². The standard InChI is InChI=1S/C16H17FN/c1-18-16(14-5-3-2-4-6-14)12-9-13-7-10-15(17)11-8-13/h3-8,10-11,16,18H,9,12H2,1H3. The SMILES string of the molecule is CNC(CCc1ccc(F)cc1)c1cc[c]cc1. The van der Waals surface area contributed by atoms with Crippen LogP contribution in [0, 0.1) is 11.9 Å². The molecule has 1 radical (unpaired) electrons. The molecule has 0 bridgehead atoms. The first-order valence-electron chi connectivity index (χ1n) is 6.17. The van der Waals surface area contributed by atoms with Gasteiger partial charge in [-0.25, -0.2) is 4.39 Å². The first-order chi connectivity index (χ1) is 8.79. The number of benzene rings is 2. The lowest BCUT2D eigenvalue weighted by atomic mass is 9.99. The first-order valence-corrected chi connectivity index (χ1v) is 6.17. The van der Waals surface area contributed by atoms with Gasteiger partial charge in [-0.05, 0) is 49.2 Å². The van der Waals surface area contributed by atoms with E-state index in [-0.39, 0.29) is 5.82 Å². The zero-order valence-electron chi connectivity index (χ0n) is 10.5. The molecule has 0 saturated heterocycles. The molecule has 2 heteroatoms. The number of nitrogens with one attached hydrogen (secondary N) is 1. The highest BCUT2D eigenvalue weighted by molar-refractivity contribution is 5.20. The highest BCUT2D eigenvalue weighted by Gasteiger charge is 2.08. The lowest BCUT2D eigenvalue weighted by Crippen LogP contribution is -2.17. The largest absolute Gasteiger partial charge is 0.313 e. The van der Waals surface area contributed by atoms with E-state index in [0.29, 0.717) is 6.04 Å². The smallest absolute Gasteiger partial charge is 0.123 e. The Labute approximate surface area is 108 Å². The molecule has 18 heavy (non-hydrogen) atoms. The Kier molecular flexibility index (Phi) is 4.48. The molecule has 0 heterocycles. The van der Waals surface area contributed by atoms with Crippen molar-refractivity contribution in [3.05, 3.63) is 71.5 Å². The normalized spacial score (nSPS) is 12.3. The third-order valence-electron chi connectivity index (χ3n) is 3.13. The van der Waals surface area contributed by atoms with Gasteiger partial charge in [-0.15, -0.1) is 0 Å². The van der Waals surface area contributed by atoms with Crippen molar-refractivity contribution in [2.45, 2.75) is 18.9 Å². The van der Waals surface area contributed by atoms with Crippen LogP contribution in [0.1, 0.15) is 23.6 Å². The van der Waals surface area contributed by atoms with Crippen LogP contribution in [0.3, 0.4) is 0 Å². The third kappa shape index (κ3) is 3.41. The minimum Gasteiger partial charge on any atom is -0.313 e. The molecule has 2 aromatic carbocycles. The van der Waals surface area contributed by atoms with Gasteiger partial charge >= 0.3 is 0 Å². The zero-order valence-corrected chi connectivity index (χ0v) is 10.5. The fraction of sp³-hybridized carbons (Fsp3) is 0.250. The maximum atomic E-state index is 12.8. The summed E-state index contributed by atoms with van der Waals surface area (Å²) in [6.45, 7) is 0. The second-order valence-corrected chi connectivity index (χ2v) is 4.34. The second kappa shape index (κ2) is 6.31. The highest BCUT2D eigenvalue weighted by Crippen LogP contribution is 2.18. The van der Waals surface area contributed by atoms with E-state index in [1.807, 2.05) is 31.3 Å². The fourth-order valence-corrected chi connectivity index (χ4v) is 2.07. The molecule has 0 fully saturated rings. The Morgan fingerprint density at radius 2 is 1.78 bits per heavy atom. The summed E-state index contributed by atoms with van der Waals surface area (Å²) in [6, 6.07) is 18.1. The number of hydrogen-bond donors (Lipinski definition) is 1. The lowest BCUT2D eigenvalue weighted by molar-refractivity contribution is 0.548. The van der Waals surface area contributed by atoms with Gasteiger partial charge in [-0.1, -0.05) is 36.4 Å². The Hall–Kier alpha value is -1.67.